The lowest BCUT2D eigenvalue weighted by atomic mass is 9.80. The quantitative estimate of drug-likeness (QED) is 0.773. The highest BCUT2D eigenvalue weighted by Gasteiger charge is 2.46. The summed E-state index contributed by atoms with van der Waals surface area (Å²) in [5, 5.41) is 18.8. The van der Waals surface area contributed by atoms with Crippen molar-refractivity contribution in [1.82, 2.24) is 4.90 Å². The molecule has 1 heterocycles. The van der Waals surface area contributed by atoms with Crippen LogP contribution in [-0.4, -0.2) is 45.7 Å². The summed E-state index contributed by atoms with van der Waals surface area (Å²) >= 11 is 0. The zero-order valence-corrected chi connectivity index (χ0v) is 11.6. The second-order valence-electron chi connectivity index (χ2n) is 6.42. The van der Waals surface area contributed by atoms with Crippen LogP contribution in [-0.2, 0) is 9.59 Å². The maximum Gasteiger partial charge on any atom is 0.303 e. The molecule has 0 aromatic carbocycles. The second kappa shape index (κ2) is 4.88. The van der Waals surface area contributed by atoms with Crippen molar-refractivity contribution in [2.24, 2.45) is 11.3 Å². The minimum atomic E-state index is -0.893. The molecule has 5 nitrogen and oxygen atoms in total. The number of carboxylic acids is 1. The molecule has 1 rings (SSSR count). The van der Waals surface area contributed by atoms with Gasteiger partial charge in [0.25, 0.3) is 0 Å². The SMILES string of the molecule is CC(C)C1(O)CN(C(=O)CC(C)(C)CC(=O)O)C1. The van der Waals surface area contributed by atoms with Crippen molar-refractivity contribution in [3.05, 3.63) is 0 Å². The topological polar surface area (TPSA) is 77.8 Å². The van der Waals surface area contributed by atoms with Gasteiger partial charge in [-0.05, 0) is 11.3 Å². The summed E-state index contributed by atoms with van der Waals surface area (Å²) < 4.78 is 0. The van der Waals surface area contributed by atoms with Crippen molar-refractivity contribution in [2.75, 3.05) is 13.1 Å². The normalized spacial score (nSPS) is 18.7. The van der Waals surface area contributed by atoms with Crippen molar-refractivity contribution in [1.29, 1.82) is 0 Å². The Morgan fingerprint density at radius 2 is 1.78 bits per heavy atom. The largest absolute Gasteiger partial charge is 0.481 e. The van der Waals surface area contributed by atoms with Crippen LogP contribution in [0.25, 0.3) is 0 Å². The smallest absolute Gasteiger partial charge is 0.303 e. The van der Waals surface area contributed by atoms with Crippen LogP contribution in [0.3, 0.4) is 0 Å². The number of carboxylic acid groups (broad SMARTS) is 1. The van der Waals surface area contributed by atoms with Gasteiger partial charge in [-0.25, -0.2) is 0 Å². The Morgan fingerprint density at radius 1 is 1.28 bits per heavy atom. The average Bonchev–Trinajstić information content (AvgIpc) is 2.08. The Morgan fingerprint density at radius 3 is 2.17 bits per heavy atom. The van der Waals surface area contributed by atoms with E-state index in [0.717, 1.165) is 0 Å². The minimum absolute atomic E-state index is 0.0268. The molecule has 1 fully saturated rings. The molecule has 0 saturated carbocycles. The van der Waals surface area contributed by atoms with Crippen LogP contribution in [0.5, 0.6) is 0 Å². The van der Waals surface area contributed by atoms with Gasteiger partial charge in [0, 0.05) is 6.42 Å². The summed E-state index contributed by atoms with van der Waals surface area (Å²) in [6.45, 7) is 8.10. The number of hydrogen-bond donors (Lipinski definition) is 2. The number of rotatable bonds is 5. The van der Waals surface area contributed by atoms with Gasteiger partial charge in [0.2, 0.25) is 5.91 Å². The molecule has 1 amide bonds. The maximum atomic E-state index is 12.0. The number of likely N-dealkylation sites (tertiary alicyclic amines) is 1. The fourth-order valence-electron chi connectivity index (χ4n) is 2.15. The Balaban J connectivity index is 2.47. The van der Waals surface area contributed by atoms with Crippen LogP contribution in [0.15, 0.2) is 0 Å². The van der Waals surface area contributed by atoms with Crippen LogP contribution in [0.2, 0.25) is 0 Å². The molecule has 1 aliphatic heterocycles. The van der Waals surface area contributed by atoms with Gasteiger partial charge in [-0.15, -0.1) is 0 Å². The highest BCUT2D eigenvalue weighted by Crippen LogP contribution is 2.32. The highest BCUT2D eigenvalue weighted by atomic mass is 16.4. The first-order valence-electron chi connectivity index (χ1n) is 6.28. The molecule has 0 aromatic rings. The van der Waals surface area contributed by atoms with Gasteiger partial charge in [-0.2, -0.15) is 0 Å². The van der Waals surface area contributed by atoms with E-state index in [0.29, 0.717) is 13.1 Å². The summed E-state index contributed by atoms with van der Waals surface area (Å²) in [5.41, 5.74) is -1.32. The van der Waals surface area contributed by atoms with Gasteiger partial charge in [-0.1, -0.05) is 27.7 Å². The van der Waals surface area contributed by atoms with Gasteiger partial charge in [0.1, 0.15) is 5.60 Å². The Hall–Kier alpha value is -1.10. The van der Waals surface area contributed by atoms with Gasteiger partial charge in [-0.3, -0.25) is 9.59 Å². The Bertz CT molecular complexity index is 343. The molecule has 0 aliphatic carbocycles. The molecule has 0 spiro atoms. The van der Waals surface area contributed by atoms with Crippen molar-refractivity contribution >= 4 is 11.9 Å². The van der Waals surface area contributed by atoms with Crippen molar-refractivity contribution < 1.29 is 19.8 Å². The van der Waals surface area contributed by atoms with E-state index < -0.39 is 17.0 Å². The lowest BCUT2D eigenvalue weighted by Gasteiger charge is -2.49. The monoisotopic (exact) mass is 257 g/mol. The number of hydrogen-bond acceptors (Lipinski definition) is 3. The lowest BCUT2D eigenvalue weighted by Crippen LogP contribution is -2.66. The zero-order valence-electron chi connectivity index (χ0n) is 11.6. The van der Waals surface area contributed by atoms with E-state index in [-0.39, 0.29) is 24.7 Å². The number of aliphatic hydroxyl groups is 1. The predicted molar refractivity (Wildman–Crippen MR) is 67.0 cm³/mol. The number of carbonyl (C=O) groups excluding carboxylic acids is 1. The fraction of sp³-hybridized carbons (Fsp3) is 0.846. The standard InChI is InChI=1S/C13H23NO4/c1-9(2)13(18)7-14(8-13)10(15)5-12(3,4)6-11(16)17/h9,18H,5-8H2,1-4H3,(H,16,17). The first kappa shape index (κ1) is 15.0. The summed E-state index contributed by atoms with van der Waals surface area (Å²) in [6.07, 6.45) is 0.175. The number of carbonyl (C=O) groups is 2. The Kier molecular flexibility index (Phi) is 4.05. The fourth-order valence-corrected chi connectivity index (χ4v) is 2.15. The number of nitrogens with zero attached hydrogens (tertiary/aromatic N) is 1. The van der Waals surface area contributed by atoms with Crippen molar-refractivity contribution in [3.8, 4) is 0 Å². The van der Waals surface area contributed by atoms with E-state index in [1.54, 1.807) is 18.7 Å². The van der Waals surface area contributed by atoms with Crippen LogP contribution in [0.1, 0.15) is 40.5 Å². The van der Waals surface area contributed by atoms with E-state index in [4.69, 9.17) is 5.11 Å². The van der Waals surface area contributed by atoms with Gasteiger partial charge < -0.3 is 15.1 Å². The minimum Gasteiger partial charge on any atom is -0.481 e. The molecule has 104 valence electrons. The third-order valence-corrected chi connectivity index (χ3v) is 3.62. The van der Waals surface area contributed by atoms with Crippen LogP contribution >= 0.6 is 0 Å². The summed E-state index contributed by atoms with van der Waals surface area (Å²) in [7, 11) is 0. The molecule has 5 heteroatoms. The third kappa shape index (κ3) is 3.45. The van der Waals surface area contributed by atoms with Crippen LogP contribution in [0, 0.1) is 11.3 Å². The molecular weight excluding hydrogens is 234 g/mol. The first-order chi connectivity index (χ1) is 8.06. The molecule has 0 radical (unpaired) electrons. The predicted octanol–water partition coefficient (Wildman–Crippen LogP) is 1.11. The lowest BCUT2D eigenvalue weighted by molar-refractivity contribution is -0.166. The van der Waals surface area contributed by atoms with Gasteiger partial charge >= 0.3 is 5.97 Å². The Labute approximate surface area is 108 Å². The third-order valence-electron chi connectivity index (χ3n) is 3.62. The summed E-state index contributed by atoms with van der Waals surface area (Å²) in [5.74, 6) is -0.852. The summed E-state index contributed by atoms with van der Waals surface area (Å²) in [6, 6.07) is 0. The molecule has 2 N–H and O–H groups in total. The number of amides is 1. The van der Waals surface area contributed by atoms with E-state index in [1.165, 1.54) is 0 Å². The average molecular weight is 257 g/mol. The molecular formula is C13H23NO4. The van der Waals surface area contributed by atoms with E-state index >= 15 is 0 Å². The molecule has 0 unspecified atom stereocenters. The summed E-state index contributed by atoms with van der Waals surface area (Å²) in [4.78, 5) is 24.2. The molecule has 1 aliphatic rings. The van der Waals surface area contributed by atoms with Crippen LogP contribution in [0.4, 0.5) is 0 Å². The molecule has 1 saturated heterocycles. The van der Waals surface area contributed by atoms with Gasteiger partial charge in [0.15, 0.2) is 0 Å². The van der Waals surface area contributed by atoms with Crippen LogP contribution < -0.4 is 0 Å². The molecule has 0 bridgehead atoms. The zero-order chi connectivity index (χ0) is 14.1. The molecule has 18 heavy (non-hydrogen) atoms. The van der Waals surface area contributed by atoms with E-state index in [9.17, 15) is 14.7 Å². The first-order valence-corrected chi connectivity index (χ1v) is 6.28. The van der Waals surface area contributed by atoms with E-state index in [2.05, 4.69) is 0 Å². The van der Waals surface area contributed by atoms with Crippen molar-refractivity contribution in [3.63, 3.8) is 0 Å². The second-order valence-corrected chi connectivity index (χ2v) is 6.42. The number of aliphatic carboxylic acids is 1. The molecule has 0 aromatic heterocycles. The maximum absolute atomic E-state index is 12.0. The van der Waals surface area contributed by atoms with Gasteiger partial charge in [0.05, 0.1) is 19.5 Å². The van der Waals surface area contributed by atoms with E-state index in [1.807, 2.05) is 13.8 Å². The van der Waals surface area contributed by atoms with Crippen molar-refractivity contribution in [2.45, 2.75) is 46.1 Å². The highest BCUT2D eigenvalue weighted by molar-refractivity contribution is 5.79. The number of β-amino-alcohol motifs (C(OH)–C–C–N with tert-alkyl or cyclic N) is 1. The molecule has 0 atom stereocenters.